The molecule has 1 N–H and O–H groups in total. The highest BCUT2D eigenvalue weighted by molar-refractivity contribution is 9.10. The maximum atomic E-state index is 12.2. The molecule has 2 aromatic rings. The number of hydrogen-bond acceptors (Lipinski definition) is 3. The van der Waals surface area contributed by atoms with Crippen molar-refractivity contribution in [2.45, 2.75) is 6.92 Å². The van der Waals surface area contributed by atoms with E-state index in [0.717, 1.165) is 5.56 Å². The van der Waals surface area contributed by atoms with Crippen LogP contribution in [0.2, 0.25) is 0 Å². The number of methoxy groups -OCH3 is 1. The molecular formula is C14H13BrN2O2. The second-order valence-corrected chi connectivity index (χ2v) is 4.82. The summed E-state index contributed by atoms with van der Waals surface area (Å²) in [5.74, 6) is 0.784. The lowest BCUT2D eigenvalue weighted by Gasteiger charge is -2.09. The van der Waals surface area contributed by atoms with Gasteiger partial charge in [0, 0.05) is 0 Å². The minimum atomic E-state index is -0.244. The van der Waals surface area contributed by atoms with E-state index in [9.17, 15) is 4.79 Å². The summed E-state index contributed by atoms with van der Waals surface area (Å²) in [6.07, 6.45) is 0. The van der Waals surface area contributed by atoms with Crippen molar-refractivity contribution in [2.75, 3.05) is 12.4 Å². The highest BCUT2D eigenvalue weighted by Gasteiger charge is 2.13. The first-order valence-corrected chi connectivity index (χ1v) is 6.48. The minimum absolute atomic E-state index is 0.244. The molecule has 0 radical (unpaired) electrons. The van der Waals surface area contributed by atoms with Crippen LogP contribution in [0.5, 0.6) is 5.75 Å². The summed E-state index contributed by atoms with van der Waals surface area (Å²) in [7, 11) is 1.54. The zero-order valence-corrected chi connectivity index (χ0v) is 12.2. The molecule has 19 heavy (non-hydrogen) atoms. The van der Waals surface area contributed by atoms with Gasteiger partial charge in [0.25, 0.3) is 5.91 Å². The van der Waals surface area contributed by atoms with Gasteiger partial charge in [0.1, 0.15) is 16.2 Å². The Labute approximate surface area is 119 Å². The summed E-state index contributed by atoms with van der Waals surface area (Å²) in [5.41, 5.74) is 1.48. The molecule has 4 nitrogen and oxygen atoms in total. The van der Waals surface area contributed by atoms with Crippen molar-refractivity contribution in [1.82, 2.24) is 4.98 Å². The van der Waals surface area contributed by atoms with Crippen LogP contribution in [0.25, 0.3) is 0 Å². The largest absolute Gasteiger partial charge is 0.496 e. The lowest BCUT2D eigenvalue weighted by atomic mass is 10.1. The SMILES string of the molecule is COc1ccc(C)cc1C(=O)Nc1cccc(Br)n1. The van der Waals surface area contributed by atoms with Gasteiger partial charge in [-0.1, -0.05) is 17.7 Å². The number of rotatable bonds is 3. The standard InChI is InChI=1S/C14H13BrN2O2/c1-9-6-7-11(19-2)10(8-9)14(18)17-13-5-3-4-12(15)16-13/h3-8H,1-2H3,(H,16,17,18). The second kappa shape index (κ2) is 5.84. The fraction of sp³-hybridized carbons (Fsp3) is 0.143. The molecule has 0 unspecified atom stereocenters. The summed E-state index contributed by atoms with van der Waals surface area (Å²) < 4.78 is 5.86. The molecule has 5 heteroatoms. The summed E-state index contributed by atoms with van der Waals surface area (Å²) in [4.78, 5) is 16.4. The van der Waals surface area contributed by atoms with Crippen LogP contribution in [0.15, 0.2) is 41.0 Å². The Morgan fingerprint density at radius 2 is 2.11 bits per heavy atom. The molecule has 0 fully saturated rings. The number of ether oxygens (including phenoxy) is 1. The van der Waals surface area contributed by atoms with Gasteiger partial charge in [-0.3, -0.25) is 4.79 Å². The van der Waals surface area contributed by atoms with Crippen LogP contribution in [0, 0.1) is 6.92 Å². The Hall–Kier alpha value is -1.88. The molecule has 0 saturated carbocycles. The third-order valence-electron chi connectivity index (χ3n) is 2.56. The molecule has 1 amide bonds. The zero-order valence-electron chi connectivity index (χ0n) is 10.6. The number of halogens is 1. The lowest BCUT2D eigenvalue weighted by Crippen LogP contribution is -2.14. The van der Waals surface area contributed by atoms with E-state index in [4.69, 9.17) is 4.74 Å². The fourth-order valence-corrected chi connectivity index (χ4v) is 2.00. The van der Waals surface area contributed by atoms with Crippen molar-refractivity contribution < 1.29 is 9.53 Å². The summed E-state index contributed by atoms with van der Waals surface area (Å²) in [6.45, 7) is 1.92. The second-order valence-electron chi connectivity index (χ2n) is 4.00. The molecule has 0 aliphatic rings. The van der Waals surface area contributed by atoms with Gasteiger partial charge in [-0.15, -0.1) is 0 Å². The normalized spacial score (nSPS) is 10.1. The van der Waals surface area contributed by atoms with E-state index in [-0.39, 0.29) is 5.91 Å². The number of nitrogens with zero attached hydrogens (tertiary/aromatic N) is 1. The van der Waals surface area contributed by atoms with Gasteiger partial charge in [0.2, 0.25) is 0 Å². The summed E-state index contributed by atoms with van der Waals surface area (Å²) >= 11 is 3.26. The maximum absolute atomic E-state index is 12.2. The zero-order chi connectivity index (χ0) is 13.8. The van der Waals surface area contributed by atoms with Crippen molar-refractivity contribution in [2.24, 2.45) is 0 Å². The van der Waals surface area contributed by atoms with Crippen LogP contribution < -0.4 is 10.1 Å². The van der Waals surface area contributed by atoms with E-state index >= 15 is 0 Å². The monoisotopic (exact) mass is 320 g/mol. The van der Waals surface area contributed by atoms with E-state index in [1.165, 1.54) is 0 Å². The maximum Gasteiger partial charge on any atom is 0.260 e. The first-order valence-electron chi connectivity index (χ1n) is 5.68. The highest BCUT2D eigenvalue weighted by atomic mass is 79.9. The number of carbonyl (C=O) groups is 1. The van der Waals surface area contributed by atoms with Crippen LogP contribution in [0.3, 0.4) is 0 Å². The average Bonchev–Trinajstić information content (AvgIpc) is 2.38. The quantitative estimate of drug-likeness (QED) is 0.882. The minimum Gasteiger partial charge on any atom is -0.496 e. The van der Waals surface area contributed by atoms with E-state index in [1.807, 2.05) is 13.0 Å². The van der Waals surface area contributed by atoms with Gasteiger partial charge in [-0.05, 0) is 47.1 Å². The van der Waals surface area contributed by atoms with Crippen molar-refractivity contribution in [1.29, 1.82) is 0 Å². The van der Waals surface area contributed by atoms with Crippen LogP contribution in [0.1, 0.15) is 15.9 Å². The molecule has 1 aromatic heterocycles. The molecule has 2 rings (SSSR count). The first kappa shape index (κ1) is 13.5. The van der Waals surface area contributed by atoms with Crippen molar-refractivity contribution in [3.05, 3.63) is 52.1 Å². The third kappa shape index (κ3) is 3.32. The first-order chi connectivity index (χ1) is 9.10. The molecule has 0 spiro atoms. The average molecular weight is 321 g/mol. The number of aromatic nitrogens is 1. The van der Waals surface area contributed by atoms with Gasteiger partial charge in [-0.25, -0.2) is 4.98 Å². The molecule has 1 aromatic carbocycles. The predicted molar refractivity (Wildman–Crippen MR) is 77.6 cm³/mol. The molecular weight excluding hydrogens is 308 g/mol. The van der Waals surface area contributed by atoms with E-state index in [1.54, 1.807) is 37.4 Å². The van der Waals surface area contributed by atoms with Gasteiger partial charge in [0.05, 0.1) is 12.7 Å². The van der Waals surface area contributed by atoms with Crippen LogP contribution in [-0.4, -0.2) is 18.0 Å². The van der Waals surface area contributed by atoms with Gasteiger partial charge in [0.15, 0.2) is 0 Å². The predicted octanol–water partition coefficient (Wildman–Crippen LogP) is 3.41. The van der Waals surface area contributed by atoms with E-state index in [2.05, 4.69) is 26.2 Å². The summed E-state index contributed by atoms with van der Waals surface area (Å²) in [5, 5.41) is 2.74. The molecule has 0 atom stereocenters. The molecule has 0 saturated heterocycles. The van der Waals surface area contributed by atoms with E-state index in [0.29, 0.717) is 21.7 Å². The van der Waals surface area contributed by atoms with Crippen molar-refractivity contribution in [3.8, 4) is 5.75 Å². The van der Waals surface area contributed by atoms with Gasteiger partial charge < -0.3 is 10.1 Å². The van der Waals surface area contributed by atoms with Gasteiger partial charge >= 0.3 is 0 Å². The highest BCUT2D eigenvalue weighted by Crippen LogP contribution is 2.21. The number of benzene rings is 1. The molecule has 98 valence electrons. The number of anilines is 1. The van der Waals surface area contributed by atoms with Crippen LogP contribution in [-0.2, 0) is 0 Å². The number of pyridine rings is 1. The molecule has 0 aliphatic carbocycles. The number of hydrogen-bond donors (Lipinski definition) is 1. The van der Waals surface area contributed by atoms with E-state index < -0.39 is 0 Å². The number of carbonyl (C=O) groups excluding carboxylic acids is 1. The third-order valence-corrected chi connectivity index (χ3v) is 3.00. The Morgan fingerprint density at radius 3 is 2.79 bits per heavy atom. The summed E-state index contributed by atoms with van der Waals surface area (Å²) in [6, 6.07) is 10.8. The fourth-order valence-electron chi connectivity index (χ4n) is 1.66. The van der Waals surface area contributed by atoms with Crippen molar-refractivity contribution in [3.63, 3.8) is 0 Å². The Balaban J connectivity index is 2.27. The Kier molecular flexibility index (Phi) is 4.16. The van der Waals surface area contributed by atoms with Crippen LogP contribution in [0.4, 0.5) is 5.82 Å². The topological polar surface area (TPSA) is 51.2 Å². The Morgan fingerprint density at radius 1 is 1.32 bits per heavy atom. The molecule has 0 aliphatic heterocycles. The smallest absolute Gasteiger partial charge is 0.260 e. The molecule has 1 heterocycles. The number of nitrogens with one attached hydrogen (secondary N) is 1. The molecule has 0 bridgehead atoms. The van der Waals surface area contributed by atoms with Crippen molar-refractivity contribution >= 4 is 27.7 Å². The van der Waals surface area contributed by atoms with Crippen LogP contribution >= 0.6 is 15.9 Å². The Bertz CT molecular complexity index is 614. The van der Waals surface area contributed by atoms with Gasteiger partial charge in [-0.2, -0.15) is 0 Å². The lowest BCUT2D eigenvalue weighted by molar-refractivity contribution is 0.102. The number of aryl methyl sites for hydroxylation is 1. The number of amides is 1.